The topological polar surface area (TPSA) is 30.3 Å². The van der Waals surface area contributed by atoms with Crippen LogP contribution in [-0.2, 0) is 19.5 Å². The Morgan fingerprint density at radius 1 is 1.24 bits per heavy atom. The van der Waals surface area contributed by atoms with Crippen LogP contribution in [0.3, 0.4) is 0 Å². The van der Waals surface area contributed by atoms with Gasteiger partial charge >= 0.3 is 0 Å². The summed E-state index contributed by atoms with van der Waals surface area (Å²) in [6.07, 6.45) is 4.83. The summed E-state index contributed by atoms with van der Waals surface area (Å²) in [5, 5.41) is 0. The number of para-hydroxylation sites is 1. The Labute approximate surface area is 127 Å². The molecule has 4 nitrogen and oxygen atoms in total. The number of hydrogen-bond acceptors (Lipinski definition) is 3. The van der Waals surface area contributed by atoms with Crippen molar-refractivity contribution in [1.29, 1.82) is 0 Å². The van der Waals surface area contributed by atoms with Gasteiger partial charge in [-0.25, -0.2) is 4.98 Å². The molecule has 0 aliphatic heterocycles. The van der Waals surface area contributed by atoms with Crippen molar-refractivity contribution in [3.8, 4) is 5.75 Å². The van der Waals surface area contributed by atoms with Gasteiger partial charge in [0.2, 0.25) is 0 Å². The van der Waals surface area contributed by atoms with Crippen molar-refractivity contribution in [2.24, 2.45) is 0 Å². The first-order valence-corrected chi connectivity index (χ1v) is 7.62. The molecule has 0 N–H and O–H groups in total. The van der Waals surface area contributed by atoms with Gasteiger partial charge in [-0.1, -0.05) is 25.1 Å². The van der Waals surface area contributed by atoms with Gasteiger partial charge in [-0.15, -0.1) is 0 Å². The van der Waals surface area contributed by atoms with Crippen molar-refractivity contribution in [3.05, 3.63) is 48.0 Å². The molecule has 2 rings (SSSR count). The van der Waals surface area contributed by atoms with Crippen molar-refractivity contribution in [2.45, 2.75) is 33.4 Å². The monoisotopic (exact) mass is 287 g/mol. The van der Waals surface area contributed by atoms with E-state index in [4.69, 9.17) is 4.74 Å². The van der Waals surface area contributed by atoms with Gasteiger partial charge < -0.3 is 9.30 Å². The minimum absolute atomic E-state index is 0.702. The molecule has 0 atom stereocenters. The second-order valence-corrected chi connectivity index (χ2v) is 5.22. The van der Waals surface area contributed by atoms with Crippen LogP contribution in [0.2, 0.25) is 0 Å². The Morgan fingerprint density at radius 2 is 2.05 bits per heavy atom. The SMILES string of the molecule is CCc1ccccc1OCCN(C)Cc1cncn1CC. The number of aromatic nitrogens is 2. The van der Waals surface area contributed by atoms with E-state index in [1.165, 1.54) is 11.3 Å². The van der Waals surface area contributed by atoms with Crippen LogP contribution >= 0.6 is 0 Å². The van der Waals surface area contributed by atoms with E-state index < -0.39 is 0 Å². The third-order valence-corrected chi connectivity index (χ3v) is 3.66. The number of imidazole rings is 1. The molecule has 0 spiro atoms. The second-order valence-electron chi connectivity index (χ2n) is 5.22. The number of nitrogens with zero attached hydrogens (tertiary/aromatic N) is 3. The van der Waals surface area contributed by atoms with Gasteiger partial charge in [0.15, 0.2) is 0 Å². The van der Waals surface area contributed by atoms with Crippen LogP contribution in [0.4, 0.5) is 0 Å². The highest BCUT2D eigenvalue weighted by atomic mass is 16.5. The largest absolute Gasteiger partial charge is 0.492 e. The average molecular weight is 287 g/mol. The lowest BCUT2D eigenvalue weighted by atomic mass is 10.1. The quantitative estimate of drug-likeness (QED) is 0.748. The summed E-state index contributed by atoms with van der Waals surface area (Å²) in [4.78, 5) is 6.46. The van der Waals surface area contributed by atoms with E-state index in [0.717, 1.165) is 31.8 Å². The molecule has 1 aromatic carbocycles. The minimum atomic E-state index is 0.702. The van der Waals surface area contributed by atoms with Crippen molar-refractivity contribution in [2.75, 3.05) is 20.2 Å². The third-order valence-electron chi connectivity index (χ3n) is 3.66. The number of likely N-dealkylation sites (N-methyl/N-ethyl adjacent to an activating group) is 1. The van der Waals surface area contributed by atoms with E-state index in [1.54, 1.807) is 0 Å². The zero-order valence-electron chi connectivity index (χ0n) is 13.2. The van der Waals surface area contributed by atoms with Crippen LogP contribution in [0.15, 0.2) is 36.8 Å². The van der Waals surface area contributed by atoms with Gasteiger partial charge in [0.05, 0.1) is 12.0 Å². The maximum atomic E-state index is 5.91. The molecular formula is C17H25N3O. The predicted octanol–water partition coefficient (Wildman–Crippen LogP) is 2.98. The molecule has 0 bridgehead atoms. The summed E-state index contributed by atoms with van der Waals surface area (Å²) in [5.41, 5.74) is 2.51. The fourth-order valence-corrected chi connectivity index (χ4v) is 2.37. The van der Waals surface area contributed by atoms with E-state index in [9.17, 15) is 0 Å². The van der Waals surface area contributed by atoms with E-state index in [1.807, 2.05) is 24.7 Å². The van der Waals surface area contributed by atoms with E-state index in [2.05, 4.69) is 47.5 Å². The van der Waals surface area contributed by atoms with Crippen molar-refractivity contribution < 1.29 is 4.74 Å². The second kappa shape index (κ2) is 7.84. The van der Waals surface area contributed by atoms with Crippen molar-refractivity contribution in [1.82, 2.24) is 14.5 Å². The van der Waals surface area contributed by atoms with E-state index in [0.29, 0.717) is 6.61 Å². The molecule has 1 aromatic heterocycles. The van der Waals surface area contributed by atoms with E-state index in [-0.39, 0.29) is 0 Å². The van der Waals surface area contributed by atoms with Crippen LogP contribution in [-0.4, -0.2) is 34.7 Å². The molecule has 0 fully saturated rings. The summed E-state index contributed by atoms with van der Waals surface area (Å²) in [6.45, 7) is 7.74. The lowest BCUT2D eigenvalue weighted by Crippen LogP contribution is -2.25. The summed E-state index contributed by atoms with van der Waals surface area (Å²) in [5.74, 6) is 1.01. The number of rotatable bonds is 8. The average Bonchev–Trinajstić information content (AvgIpc) is 2.94. The van der Waals surface area contributed by atoms with Crippen LogP contribution in [0.25, 0.3) is 0 Å². The Kier molecular flexibility index (Phi) is 5.81. The van der Waals surface area contributed by atoms with Gasteiger partial charge in [-0.2, -0.15) is 0 Å². The minimum Gasteiger partial charge on any atom is -0.492 e. The Morgan fingerprint density at radius 3 is 2.81 bits per heavy atom. The normalized spacial score (nSPS) is 11.0. The molecule has 2 aromatic rings. The zero-order valence-corrected chi connectivity index (χ0v) is 13.2. The number of aryl methyl sites for hydroxylation is 2. The summed E-state index contributed by atoms with van der Waals surface area (Å²) in [7, 11) is 2.11. The molecule has 0 amide bonds. The van der Waals surface area contributed by atoms with Crippen LogP contribution in [0.1, 0.15) is 25.1 Å². The summed E-state index contributed by atoms with van der Waals surface area (Å²) < 4.78 is 8.08. The number of ether oxygens (including phenoxy) is 1. The molecule has 21 heavy (non-hydrogen) atoms. The molecule has 0 aliphatic carbocycles. The van der Waals surface area contributed by atoms with Gasteiger partial charge in [0.25, 0.3) is 0 Å². The molecule has 1 heterocycles. The molecule has 0 saturated heterocycles. The highest BCUT2D eigenvalue weighted by Gasteiger charge is 2.06. The standard InChI is InChI=1S/C17H25N3O/c1-4-15-8-6-7-9-17(15)21-11-10-19(3)13-16-12-18-14-20(16)5-2/h6-9,12,14H,4-5,10-11,13H2,1-3H3. The maximum absolute atomic E-state index is 5.91. The number of hydrogen-bond donors (Lipinski definition) is 0. The highest BCUT2D eigenvalue weighted by molar-refractivity contribution is 5.33. The first kappa shape index (κ1) is 15.6. The molecule has 114 valence electrons. The smallest absolute Gasteiger partial charge is 0.122 e. The van der Waals surface area contributed by atoms with Crippen LogP contribution < -0.4 is 4.74 Å². The molecule has 0 aliphatic rings. The summed E-state index contributed by atoms with van der Waals surface area (Å²) >= 11 is 0. The Hall–Kier alpha value is -1.81. The van der Waals surface area contributed by atoms with E-state index >= 15 is 0 Å². The zero-order chi connectivity index (χ0) is 15.1. The first-order valence-electron chi connectivity index (χ1n) is 7.62. The Balaban J connectivity index is 1.80. The summed E-state index contributed by atoms with van der Waals surface area (Å²) in [6, 6.07) is 8.26. The molecule has 4 heteroatoms. The van der Waals surface area contributed by atoms with Gasteiger partial charge in [0, 0.05) is 25.8 Å². The fourth-order valence-electron chi connectivity index (χ4n) is 2.37. The third kappa shape index (κ3) is 4.33. The van der Waals surface area contributed by atoms with Gasteiger partial charge in [-0.3, -0.25) is 4.90 Å². The molecule has 0 unspecified atom stereocenters. The van der Waals surface area contributed by atoms with Crippen molar-refractivity contribution >= 4 is 0 Å². The van der Waals surface area contributed by atoms with Crippen LogP contribution in [0, 0.1) is 0 Å². The molecule has 0 saturated carbocycles. The molecule has 0 radical (unpaired) electrons. The fraction of sp³-hybridized carbons (Fsp3) is 0.471. The maximum Gasteiger partial charge on any atom is 0.122 e. The van der Waals surface area contributed by atoms with Crippen molar-refractivity contribution in [3.63, 3.8) is 0 Å². The van der Waals surface area contributed by atoms with Gasteiger partial charge in [-0.05, 0) is 32.0 Å². The van der Waals surface area contributed by atoms with Gasteiger partial charge in [0.1, 0.15) is 12.4 Å². The number of benzene rings is 1. The predicted molar refractivity (Wildman–Crippen MR) is 85.6 cm³/mol. The first-order chi connectivity index (χ1) is 10.2. The lowest BCUT2D eigenvalue weighted by Gasteiger charge is -2.18. The lowest BCUT2D eigenvalue weighted by molar-refractivity contribution is 0.228. The molecular weight excluding hydrogens is 262 g/mol. The Bertz CT molecular complexity index is 550. The van der Waals surface area contributed by atoms with Crippen LogP contribution in [0.5, 0.6) is 5.75 Å². The highest BCUT2D eigenvalue weighted by Crippen LogP contribution is 2.18.